The van der Waals surface area contributed by atoms with Gasteiger partial charge in [0.25, 0.3) is 5.56 Å². The summed E-state index contributed by atoms with van der Waals surface area (Å²) in [4.78, 5) is 25.0. The lowest BCUT2D eigenvalue weighted by Gasteiger charge is -2.24. The fourth-order valence-corrected chi connectivity index (χ4v) is 4.80. The standard InChI is InChI=1S/C27H24N8O/c1-2-3-12-35-25-24(21(15-29)26(35)33-11-6-9-30-10-13-33)32-18-34(27(25)36)17-22-19(14-28)16-31-23-8-5-4-7-20(22)23/h4-5,7-8,16,18,30H,6,9-13,17H2,1H3. The average Bonchev–Trinajstić information content (AvgIpc) is 3.03. The summed E-state index contributed by atoms with van der Waals surface area (Å²) in [5.41, 5.74) is 2.70. The number of pyridine rings is 1. The Labute approximate surface area is 208 Å². The maximum atomic E-state index is 13.9. The number of nitrogens with one attached hydrogen (secondary N) is 1. The van der Waals surface area contributed by atoms with Crippen molar-refractivity contribution in [2.45, 2.75) is 26.4 Å². The number of fused-ring (bicyclic) bond motifs is 2. The van der Waals surface area contributed by atoms with Gasteiger partial charge in [-0.3, -0.25) is 14.3 Å². The van der Waals surface area contributed by atoms with Crippen LogP contribution in [0.1, 0.15) is 30.0 Å². The van der Waals surface area contributed by atoms with Crippen molar-refractivity contribution in [3.05, 3.63) is 63.8 Å². The number of nitriles is 2. The first-order chi connectivity index (χ1) is 17.7. The molecule has 0 radical (unpaired) electrons. The number of hydrogen-bond acceptors (Lipinski definition) is 7. The van der Waals surface area contributed by atoms with E-state index in [9.17, 15) is 15.3 Å². The van der Waals surface area contributed by atoms with Crippen molar-refractivity contribution < 1.29 is 0 Å². The molecule has 1 N–H and O–H groups in total. The van der Waals surface area contributed by atoms with Crippen LogP contribution in [0.2, 0.25) is 0 Å². The van der Waals surface area contributed by atoms with Gasteiger partial charge < -0.3 is 14.8 Å². The first kappa shape index (κ1) is 23.1. The van der Waals surface area contributed by atoms with Crippen LogP contribution in [0.15, 0.2) is 41.6 Å². The third kappa shape index (κ3) is 3.94. The predicted molar refractivity (Wildman–Crippen MR) is 137 cm³/mol. The highest BCUT2D eigenvalue weighted by Crippen LogP contribution is 2.30. The molecule has 0 bridgehead atoms. The Bertz CT molecular complexity index is 1660. The van der Waals surface area contributed by atoms with E-state index in [1.54, 1.807) is 6.92 Å². The molecule has 1 aliphatic rings. The number of nitrogens with zero attached hydrogens (tertiary/aromatic N) is 7. The average molecular weight is 477 g/mol. The van der Waals surface area contributed by atoms with Crippen LogP contribution in [0.25, 0.3) is 21.9 Å². The first-order valence-electron chi connectivity index (χ1n) is 11.8. The Morgan fingerprint density at radius 1 is 1.11 bits per heavy atom. The van der Waals surface area contributed by atoms with Gasteiger partial charge in [0, 0.05) is 36.8 Å². The Hall–Kier alpha value is -4.65. The zero-order chi connectivity index (χ0) is 25.1. The van der Waals surface area contributed by atoms with Crippen molar-refractivity contribution in [2.24, 2.45) is 0 Å². The zero-order valence-corrected chi connectivity index (χ0v) is 20.0. The molecule has 1 saturated heterocycles. The van der Waals surface area contributed by atoms with E-state index in [0.717, 1.165) is 37.0 Å². The second kappa shape index (κ2) is 9.92. The minimum atomic E-state index is -0.279. The zero-order valence-electron chi connectivity index (χ0n) is 20.0. The fraction of sp³-hybridized carbons (Fsp3) is 0.296. The van der Waals surface area contributed by atoms with Crippen molar-refractivity contribution in [3.8, 4) is 24.0 Å². The topological polar surface area (TPSA) is 116 Å². The third-order valence-electron chi connectivity index (χ3n) is 6.50. The van der Waals surface area contributed by atoms with Gasteiger partial charge in [0.2, 0.25) is 0 Å². The molecule has 3 aromatic heterocycles. The Morgan fingerprint density at radius 3 is 2.78 bits per heavy atom. The van der Waals surface area contributed by atoms with Crippen molar-refractivity contribution in [2.75, 3.05) is 31.1 Å². The van der Waals surface area contributed by atoms with Gasteiger partial charge in [-0.1, -0.05) is 24.1 Å². The van der Waals surface area contributed by atoms with Crippen molar-refractivity contribution in [1.29, 1.82) is 10.5 Å². The minimum absolute atomic E-state index is 0.156. The Balaban J connectivity index is 1.72. The molecule has 0 aliphatic carbocycles. The molecule has 1 fully saturated rings. The maximum absolute atomic E-state index is 13.9. The summed E-state index contributed by atoms with van der Waals surface area (Å²) in [6.07, 6.45) is 3.93. The summed E-state index contributed by atoms with van der Waals surface area (Å²) >= 11 is 0. The third-order valence-corrected chi connectivity index (χ3v) is 6.50. The molecule has 1 aromatic carbocycles. The highest BCUT2D eigenvalue weighted by Gasteiger charge is 2.26. The van der Waals surface area contributed by atoms with E-state index in [4.69, 9.17) is 0 Å². The number of aromatic nitrogens is 4. The lowest BCUT2D eigenvalue weighted by Crippen LogP contribution is -2.31. The molecule has 0 unspecified atom stereocenters. The molecule has 36 heavy (non-hydrogen) atoms. The summed E-state index contributed by atoms with van der Waals surface area (Å²) < 4.78 is 3.33. The molecular weight excluding hydrogens is 452 g/mol. The molecule has 0 atom stereocenters. The van der Waals surface area contributed by atoms with E-state index in [1.807, 2.05) is 28.8 Å². The van der Waals surface area contributed by atoms with E-state index < -0.39 is 0 Å². The second-order valence-corrected chi connectivity index (χ2v) is 8.57. The highest BCUT2D eigenvalue weighted by atomic mass is 16.1. The minimum Gasteiger partial charge on any atom is -0.355 e. The van der Waals surface area contributed by atoms with Gasteiger partial charge >= 0.3 is 0 Å². The van der Waals surface area contributed by atoms with Gasteiger partial charge in [-0.2, -0.15) is 10.5 Å². The van der Waals surface area contributed by atoms with Crippen molar-refractivity contribution in [1.82, 2.24) is 24.4 Å². The largest absolute Gasteiger partial charge is 0.355 e. The maximum Gasteiger partial charge on any atom is 0.278 e. The van der Waals surface area contributed by atoms with Crippen LogP contribution in [0.5, 0.6) is 0 Å². The number of para-hydroxylation sites is 1. The second-order valence-electron chi connectivity index (χ2n) is 8.57. The van der Waals surface area contributed by atoms with Crippen molar-refractivity contribution >= 4 is 27.8 Å². The Kier molecular flexibility index (Phi) is 6.36. The lowest BCUT2D eigenvalue weighted by atomic mass is 10.0. The van der Waals surface area contributed by atoms with Gasteiger partial charge in [-0.25, -0.2) is 4.98 Å². The smallest absolute Gasteiger partial charge is 0.278 e. The van der Waals surface area contributed by atoms with Crippen LogP contribution in [0.3, 0.4) is 0 Å². The SMILES string of the molecule is CC#CCn1c(N2CCCNCC2)c(C#N)c2ncn(Cc3c(C#N)cnc4ccccc34)c(=O)c21. The fourth-order valence-electron chi connectivity index (χ4n) is 4.80. The quantitative estimate of drug-likeness (QED) is 0.450. The molecule has 1 aliphatic heterocycles. The van der Waals surface area contributed by atoms with Crippen LogP contribution in [0.4, 0.5) is 5.82 Å². The summed E-state index contributed by atoms with van der Waals surface area (Å²) in [6.45, 7) is 5.35. The summed E-state index contributed by atoms with van der Waals surface area (Å²) in [5, 5.41) is 24.0. The highest BCUT2D eigenvalue weighted by molar-refractivity contribution is 5.89. The number of hydrogen-bond donors (Lipinski definition) is 1. The summed E-state index contributed by atoms with van der Waals surface area (Å²) in [7, 11) is 0. The summed E-state index contributed by atoms with van der Waals surface area (Å²) in [6, 6.07) is 12.0. The molecule has 0 saturated carbocycles. The lowest BCUT2D eigenvalue weighted by molar-refractivity contribution is 0.723. The molecule has 9 heteroatoms. The van der Waals surface area contributed by atoms with Gasteiger partial charge in [-0.15, -0.1) is 5.92 Å². The molecule has 4 aromatic rings. The number of rotatable bonds is 4. The van der Waals surface area contributed by atoms with E-state index in [1.165, 1.54) is 17.1 Å². The monoisotopic (exact) mass is 476 g/mol. The van der Waals surface area contributed by atoms with Crippen molar-refractivity contribution in [3.63, 3.8) is 0 Å². The molecule has 9 nitrogen and oxygen atoms in total. The number of benzene rings is 1. The van der Waals surface area contributed by atoms with Crippen LogP contribution in [-0.4, -0.2) is 45.3 Å². The summed E-state index contributed by atoms with van der Waals surface area (Å²) in [5.74, 6) is 6.65. The van der Waals surface area contributed by atoms with E-state index >= 15 is 0 Å². The van der Waals surface area contributed by atoms with Gasteiger partial charge in [0.05, 0.1) is 30.5 Å². The number of anilines is 1. The molecule has 0 amide bonds. The van der Waals surface area contributed by atoms with E-state index in [-0.39, 0.29) is 18.6 Å². The van der Waals surface area contributed by atoms with Crippen LogP contribution in [-0.2, 0) is 13.1 Å². The first-order valence-corrected chi connectivity index (χ1v) is 11.8. The molecular formula is C27H24N8O. The van der Waals surface area contributed by atoms with Gasteiger partial charge in [-0.05, 0) is 26.0 Å². The Morgan fingerprint density at radius 2 is 1.97 bits per heavy atom. The normalized spacial score (nSPS) is 13.6. The van der Waals surface area contributed by atoms with Crippen LogP contribution < -0.4 is 15.8 Å². The molecule has 178 valence electrons. The predicted octanol–water partition coefficient (Wildman–Crippen LogP) is 2.36. The molecule has 4 heterocycles. The molecule has 0 spiro atoms. The van der Waals surface area contributed by atoms with Gasteiger partial charge in [0.15, 0.2) is 0 Å². The molecule has 5 rings (SSSR count). The van der Waals surface area contributed by atoms with E-state index in [2.05, 4.69) is 44.2 Å². The van der Waals surface area contributed by atoms with Crippen LogP contribution in [0, 0.1) is 34.5 Å². The van der Waals surface area contributed by atoms with Gasteiger partial charge in [0.1, 0.15) is 34.6 Å². The van der Waals surface area contributed by atoms with Crippen LogP contribution >= 0.6 is 0 Å². The van der Waals surface area contributed by atoms with E-state index in [0.29, 0.717) is 40.1 Å².